The van der Waals surface area contributed by atoms with Crippen molar-refractivity contribution in [1.82, 2.24) is 4.90 Å². The number of quaternary nitrogens is 1. The summed E-state index contributed by atoms with van der Waals surface area (Å²) in [5, 5.41) is 21.4. The molecule has 6 nitrogen and oxygen atoms in total. The van der Waals surface area contributed by atoms with Crippen molar-refractivity contribution in [2.24, 2.45) is 34.5 Å². The van der Waals surface area contributed by atoms with E-state index in [4.69, 9.17) is 4.74 Å². The lowest BCUT2D eigenvalue weighted by atomic mass is 9.44. The molecular weight excluding hydrogens is 568 g/mol. The van der Waals surface area contributed by atoms with Gasteiger partial charge in [-0.05, 0) is 86.5 Å². The van der Waals surface area contributed by atoms with Gasteiger partial charge in [-0.2, -0.15) is 0 Å². The molecule has 4 saturated carbocycles. The number of halogens is 1. The maximum Gasteiger partial charge on any atom is 0.303 e. The highest BCUT2D eigenvalue weighted by Crippen LogP contribution is 2.67. The molecule has 0 aromatic carbocycles. The summed E-state index contributed by atoms with van der Waals surface area (Å²) in [5.41, 5.74) is 0.298. The molecule has 3 unspecified atom stereocenters. The number of aliphatic hydroxyl groups is 2. The maximum absolute atomic E-state index is 12.5. The van der Waals surface area contributed by atoms with E-state index in [0.29, 0.717) is 29.7 Å². The topological polar surface area (TPSA) is 70.0 Å². The van der Waals surface area contributed by atoms with E-state index in [1.54, 1.807) is 6.92 Å². The monoisotopic (exact) mass is 622 g/mol. The van der Waals surface area contributed by atoms with Gasteiger partial charge in [0, 0.05) is 50.7 Å². The summed E-state index contributed by atoms with van der Waals surface area (Å²) in [5.74, 6) is 2.45. The second kappa shape index (κ2) is 11.6. The molecule has 6 aliphatic rings. The first-order valence-corrected chi connectivity index (χ1v) is 16.4. The lowest BCUT2D eigenvalue weighted by molar-refractivity contribution is -0.937. The minimum Gasteiger partial charge on any atom is -1.00 e. The Morgan fingerprint density at radius 3 is 2.38 bits per heavy atom. The van der Waals surface area contributed by atoms with Crippen LogP contribution in [-0.2, 0) is 9.53 Å². The zero-order chi connectivity index (χ0) is 27.6. The van der Waals surface area contributed by atoms with E-state index >= 15 is 0 Å². The molecule has 0 amide bonds. The summed E-state index contributed by atoms with van der Waals surface area (Å²) in [6.45, 7) is 16.0. The Hall–Kier alpha value is -0.470. The molecular formula is C33H55BrN2O4. The van der Waals surface area contributed by atoms with Crippen LogP contribution in [-0.4, -0.2) is 88.7 Å². The van der Waals surface area contributed by atoms with E-state index in [9.17, 15) is 15.0 Å². The van der Waals surface area contributed by atoms with E-state index in [2.05, 4.69) is 31.4 Å². The second-order valence-electron chi connectivity index (χ2n) is 15.2. The molecule has 4 aliphatic carbocycles. The number of rotatable bonds is 5. The van der Waals surface area contributed by atoms with Crippen molar-refractivity contribution in [2.75, 3.05) is 32.7 Å². The van der Waals surface area contributed by atoms with Gasteiger partial charge in [0.2, 0.25) is 0 Å². The van der Waals surface area contributed by atoms with Crippen LogP contribution in [0, 0.1) is 34.5 Å². The first-order valence-electron chi connectivity index (χ1n) is 16.4. The molecule has 0 radical (unpaired) electrons. The van der Waals surface area contributed by atoms with Crippen LogP contribution in [0.5, 0.6) is 0 Å². The number of piperidine rings is 1. The van der Waals surface area contributed by atoms with Crippen LogP contribution >= 0.6 is 0 Å². The Morgan fingerprint density at radius 1 is 1.02 bits per heavy atom. The van der Waals surface area contributed by atoms with E-state index < -0.39 is 0 Å². The Bertz CT molecular complexity index is 933. The summed E-state index contributed by atoms with van der Waals surface area (Å²) in [4.78, 5) is 15.0. The number of aliphatic hydroxyl groups excluding tert-OH is 2. The van der Waals surface area contributed by atoms with Crippen LogP contribution in [0.1, 0.15) is 91.4 Å². The smallest absolute Gasteiger partial charge is 0.303 e. The minimum atomic E-state index is -0.244. The van der Waals surface area contributed by atoms with Gasteiger partial charge < -0.3 is 36.4 Å². The van der Waals surface area contributed by atoms with Crippen LogP contribution in [0.3, 0.4) is 0 Å². The predicted molar refractivity (Wildman–Crippen MR) is 153 cm³/mol. The third kappa shape index (κ3) is 4.96. The van der Waals surface area contributed by atoms with Crippen LogP contribution in [0.2, 0.25) is 0 Å². The molecule has 6 rings (SSSR count). The Morgan fingerprint density at radius 2 is 1.73 bits per heavy atom. The first kappa shape index (κ1) is 31.0. The Kier molecular flexibility index (Phi) is 8.95. The van der Waals surface area contributed by atoms with Crippen molar-refractivity contribution in [3.8, 4) is 0 Å². The summed E-state index contributed by atoms with van der Waals surface area (Å²) >= 11 is 0. The molecule has 228 valence electrons. The van der Waals surface area contributed by atoms with Crippen LogP contribution in [0.25, 0.3) is 0 Å². The second-order valence-corrected chi connectivity index (χ2v) is 15.2. The van der Waals surface area contributed by atoms with Gasteiger partial charge in [-0.25, -0.2) is 0 Å². The van der Waals surface area contributed by atoms with Gasteiger partial charge in [0.15, 0.2) is 6.10 Å². The molecule has 2 heterocycles. The molecule has 0 aromatic heterocycles. The first-order chi connectivity index (χ1) is 18.6. The van der Waals surface area contributed by atoms with Gasteiger partial charge >= 0.3 is 5.97 Å². The predicted octanol–water partition coefficient (Wildman–Crippen LogP) is 1.54. The largest absolute Gasteiger partial charge is 1.00 e. The number of esters is 1. The molecule has 7 heteroatoms. The Balaban J connectivity index is 0.00000323. The van der Waals surface area contributed by atoms with E-state index in [1.165, 1.54) is 51.6 Å². The van der Waals surface area contributed by atoms with Crippen molar-refractivity contribution in [2.45, 2.75) is 122 Å². The van der Waals surface area contributed by atoms with Crippen LogP contribution in [0.4, 0.5) is 0 Å². The maximum atomic E-state index is 12.5. The van der Waals surface area contributed by atoms with Crippen molar-refractivity contribution in [1.29, 1.82) is 0 Å². The normalized spacial score (nSPS) is 46.9. The number of carbonyl (C=O) groups excluding carboxylic acids is 1. The molecule has 2 N–H and O–H groups in total. The molecule has 2 saturated heterocycles. The van der Waals surface area contributed by atoms with Gasteiger partial charge in [-0.1, -0.05) is 20.4 Å². The van der Waals surface area contributed by atoms with Gasteiger partial charge in [-0.3, -0.25) is 9.69 Å². The number of ether oxygens (including phenoxy) is 1. The number of hydrogen-bond donors (Lipinski definition) is 2. The van der Waals surface area contributed by atoms with Crippen molar-refractivity contribution >= 4 is 5.97 Å². The summed E-state index contributed by atoms with van der Waals surface area (Å²) in [6, 6.07) is 0.608. The fourth-order valence-corrected chi connectivity index (χ4v) is 11.6. The average molecular weight is 624 g/mol. The van der Waals surface area contributed by atoms with E-state index in [1.807, 2.05) is 0 Å². The highest BCUT2D eigenvalue weighted by molar-refractivity contribution is 5.66. The number of nitrogens with zero attached hydrogens (tertiary/aromatic N) is 2. The lowest BCUT2D eigenvalue weighted by Gasteiger charge is -2.62. The fraction of sp³-hybridized carbons (Fsp3) is 0.909. The fourth-order valence-electron chi connectivity index (χ4n) is 11.6. The highest BCUT2D eigenvalue weighted by Gasteiger charge is 2.67. The number of fused-ring (bicyclic) bond motifs is 5. The lowest BCUT2D eigenvalue weighted by Crippen LogP contribution is -3.00. The molecule has 2 aliphatic heterocycles. The average Bonchev–Trinajstić information content (AvgIpc) is 3.48. The van der Waals surface area contributed by atoms with Crippen molar-refractivity contribution < 1.29 is 41.2 Å². The standard InChI is InChI=1S/C33H55N2O4.BrH/c1-5-16-35(17-6-7-18-35)29-20-27-25-9-8-23-19-30(38)28(34-14-11-24(37)12-15-34)21-33(23,4)26(25)10-13-32(27,3)31(29)39-22(2)36;/h5,23-31,37-38H,1,6-21H2,2-4H3;1H/q+1;/p-1/t23-,25?,26?,27?,28-,29-,30-,31-,32-,33-;/m0./s1. The number of hydrogen-bond acceptors (Lipinski definition) is 5. The number of likely N-dealkylation sites (tertiary alicyclic amines) is 2. The summed E-state index contributed by atoms with van der Waals surface area (Å²) in [6.07, 6.45) is 14.0. The minimum absolute atomic E-state index is 0. The van der Waals surface area contributed by atoms with E-state index in [0.717, 1.165) is 56.2 Å². The highest BCUT2D eigenvalue weighted by atomic mass is 79.9. The van der Waals surface area contributed by atoms with Gasteiger partial charge in [0.05, 0.1) is 31.8 Å². The molecule has 6 fully saturated rings. The van der Waals surface area contributed by atoms with Crippen molar-refractivity contribution in [3.63, 3.8) is 0 Å². The Labute approximate surface area is 253 Å². The molecule has 40 heavy (non-hydrogen) atoms. The van der Waals surface area contributed by atoms with E-state index in [-0.39, 0.29) is 58.1 Å². The summed E-state index contributed by atoms with van der Waals surface area (Å²) < 4.78 is 7.43. The third-order valence-electron chi connectivity index (χ3n) is 13.5. The molecule has 0 bridgehead atoms. The molecule has 0 aromatic rings. The third-order valence-corrected chi connectivity index (χ3v) is 13.5. The zero-order valence-corrected chi connectivity index (χ0v) is 26.9. The molecule has 0 spiro atoms. The summed E-state index contributed by atoms with van der Waals surface area (Å²) in [7, 11) is 0. The number of carbonyl (C=O) groups is 1. The van der Waals surface area contributed by atoms with Gasteiger partial charge in [0.25, 0.3) is 0 Å². The van der Waals surface area contributed by atoms with Gasteiger partial charge in [0.1, 0.15) is 6.04 Å². The van der Waals surface area contributed by atoms with Crippen LogP contribution < -0.4 is 17.0 Å². The quantitative estimate of drug-likeness (QED) is 0.277. The zero-order valence-electron chi connectivity index (χ0n) is 25.3. The molecule has 10 atom stereocenters. The SMILES string of the molecule is C=CC[N+]1([C@H]2CC3C4CC[C@H]5C[C@H](O)[C@@H](N6CCC(O)CC6)C[C@]5(C)C4CC[C@]3(C)[C@H]2OC(C)=O)CCCC1.[Br-]. The van der Waals surface area contributed by atoms with Crippen LogP contribution in [0.15, 0.2) is 12.7 Å². The van der Waals surface area contributed by atoms with Crippen molar-refractivity contribution in [3.05, 3.63) is 12.7 Å². The van der Waals surface area contributed by atoms with Gasteiger partial charge in [-0.15, -0.1) is 0 Å².